The highest BCUT2D eigenvalue weighted by atomic mass is 16.5. The van der Waals surface area contributed by atoms with Crippen LogP contribution in [0.15, 0.2) is 75.9 Å². The van der Waals surface area contributed by atoms with E-state index in [1.807, 2.05) is 31.2 Å². The molecule has 0 amide bonds. The van der Waals surface area contributed by atoms with Crippen molar-refractivity contribution in [2.75, 3.05) is 0 Å². The number of hydrogen-bond acceptors (Lipinski definition) is 9. The van der Waals surface area contributed by atoms with Crippen LogP contribution < -0.4 is 10.2 Å². The van der Waals surface area contributed by atoms with Crippen molar-refractivity contribution in [3.63, 3.8) is 0 Å². The quantitative estimate of drug-likeness (QED) is 0.195. The molecule has 0 spiro atoms. The molecule has 0 radical (unpaired) electrons. The van der Waals surface area contributed by atoms with Gasteiger partial charge in [-0.2, -0.15) is 0 Å². The molecule has 9 nitrogen and oxygen atoms in total. The number of phenols is 5. The van der Waals surface area contributed by atoms with E-state index in [1.54, 1.807) is 0 Å². The lowest BCUT2D eigenvalue weighted by Gasteiger charge is -2.27. The number of carbonyl (C=O) groups excluding carboxylic acids is 1. The third-order valence-corrected chi connectivity index (χ3v) is 6.97. The lowest BCUT2D eigenvalue weighted by molar-refractivity contribution is 0.0845. The first kappa shape index (κ1) is 24.9. The normalized spacial score (nSPS) is 14.6. The fraction of sp³-hybridized carbons (Fsp3) is 0.0968. The summed E-state index contributed by atoms with van der Waals surface area (Å²) in [6, 6.07) is 16.4. The molecule has 200 valence electrons. The van der Waals surface area contributed by atoms with Gasteiger partial charge in [-0.15, -0.1) is 0 Å². The molecular weight excluding hydrogens is 516 g/mol. The molecule has 4 aromatic carbocycles. The second-order valence-corrected chi connectivity index (χ2v) is 9.65. The van der Waals surface area contributed by atoms with Crippen molar-refractivity contribution in [1.82, 2.24) is 0 Å². The molecule has 40 heavy (non-hydrogen) atoms. The molecule has 0 saturated carbocycles. The second-order valence-electron chi connectivity index (χ2n) is 9.65. The number of rotatable bonds is 3. The molecule has 1 aromatic heterocycles. The van der Waals surface area contributed by atoms with Gasteiger partial charge in [0.05, 0.1) is 17.5 Å². The third kappa shape index (κ3) is 3.95. The minimum atomic E-state index is -0.678. The summed E-state index contributed by atoms with van der Waals surface area (Å²) in [6.45, 7) is 1.93. The van der Waals surface area contributed by atoms with Gasteiger partial charge < -0.3 is 34.7 Å². The van der Waals surface area contributed by atoms with Gasteiger partial charge in [0, 0.05) is 23.8 Å². The van der Waals surface area contributed by atoms with E-state index in [4.69, 9.17) is 9.15 Å². The fourth-order valence-electron chi connectivity index (χ4n) is 4.98. The summed E-state index contributed by atoms with van der Waals surface area (Å²) in [5.41, 5.74) is 0.297. The molecule has 2 heterocycles. The number of aryl methyl sites for hydroxylation is 1. The van der Waals surface area contributed by atoms with Crippen LogP contribution in [0, 0.1) is 6.92 Å². The molecule has 1 atom stereocenters. The van der Waals surface area contributed by atoms with E-state index >= 15 is 0 Å². The van der Waals surface area contributed by atoms with Crippen LogP contribution in [0.25, 0.3) is 33.4 Å². The summed E-state index contributed by atoms with van der Waals surface area (Å²) in [4.78, 5) is 26.3. The summed E-state index contributed by atoms with van der Waals surface area (Å²) in [5, 5.41) is 53.0. The van der Waals surface area contributed by atoms with Crippen LogP contribution in [0.5, 0.6) is 34.5 Å². The summed E-state index contributed by atoms with van der Waals surface area (Å²) in [5.74, 6) is -2.93. The Morgan fingerprint density at radius 3 is 2.12 bits per heavy atom. The van der Waals surface area contributed by atoms with Gasteiger partial charge in [0.2, 0.25) is 0 Å². The summed E-state index contributed by atoms with van der Waals surface area (Å²) in [7, 11) is 0. The number of Topliss-reactive ketones (excluding diaryl/α,β-unsaturated/α-hetero) is 1. The van der Waals surface area contributed by atoms with Crippen LogP contribution in [0.4, 0.5) is 0 Å². The molecule has 5 aromatic rings. The van der Waals surface area contributed by atoms with Crippen LogP contribution in [-0.2, 0) is 0 Å². The van der Waals surface area contributed by atoms with Crippen LogP contribution in [0.1, 0.15) is 34.0 Å². The number of ketones is 1. The van der Waals surface area contributed by atoms with Gasteiger partial charge in [-0.1, -0.05) is 29.8 Å². The van der Waals surface area contributed by atoms with E-state index in [9.17, 15) is 35.1 Å². The van der Waals surface area contributed by atoms with Gasteiger partial charge in [-0.25, -0.2) is 0 Å². The molecule has 0 aliphatic carbocycles. The Kier molecular flexibility index (Phi) is 5.65. The molecule has 0 fully saturated rings. The zero-order valence-corrected chi connectivity index (χ0v) is 21.0. The second kappa shape index (κ2) is 9.09. The van der Waals surface area contributed by atoms with Crippen molar-refractivity contribution in [1.29, 1.82) is 0 Å². The Morgan fingerprint density at radius 1 is 0.750 bits per heavy atom. The van der Waals surface area contributed by atoms with Crippen LogP contribution in [0.3, 0.4) is 0 Å². The molecule has 9 heteroatoms. The van der Waals surface area contributed by atoms with Gasteiger partial charge in [0.25, 0.3) is 0 Å². The lowest BCUT2D eigenvalue weighted by atomic mass is 9.90. The highest BCUT2D eigenvalue weighted by molar-refractivity contribution is 6.09. The van der Waals surface area contributed by atoms with Gasteiger partial charge in [0.1, 0.15) is 57.3 Å². The Morgan fingerprint density at radius 2 is 1.43 bits per heavy atom. The van der Waals surface area contributed by atoms with E-state index in [0.29, 0.717) is 5.56 Å². The van der Waals surface area contributed by atoms with Crippen molar-refractivity contribution in [2.24, 2.45) is 0 Å². The topological polar surface area (TPSA) is 158 Å². The van der Waals surface area contributed by atoms with E-state index in [2.05, 4.69) is 0 Å². The van der Waals surface area contributed by atoms with Gasteiger partial charge in [-0.05, 0) is 36.8 Å². The monoisotopic (exact) mass is 538 g/mol. The first-order valence-corrected chi connectivity index (χ1v) is 12.3. The molecule has 0 unspecified atom stereocenters. The lowest BCUT2D eigenvalue weighted by Crippen LogP contribution is -2.20. The molecule has 1 aliphatic rings. The van der Waals surface area contributed by atoms with Gasteiger partial charge in [0.15, 0.2) is 16.8 Å². The highest BCUT2D eigenvalue weighted by Crippen LogP contribution is 2.53. The Bertz CT molecular complexity index is 1890. The number of ether oxygens (including phenoxy) is 1. The third-order valence-electron chi connectivity index (χ3n) is 6.97. The smallest absolute Gasteiger partial charge is 0.197 e. The summed E-state index contributed by atoms with van der Waals surface area (Å²) >= 11 is 0. The average molecular weight is 539 g/mol. The zero-order chi connectivity index (χ0) is 28.3. The first-order valence-electron chi connectivity index (χ1n) is 12.3. The largest absolute Gasteiger partial charge is 0.508 e. The standard InChI is InChI=1S/C31H22O9/c1-14-2-4-15(5-3-14)23-12-21(36)27-25(39-23)13-22(37)28(30(27)38)29-19(34)10-18(33)26-20(35)11-24(40-31(26)29)16-6-8-17(32)9-7-16/h2-11,13,23,32-34,37-38H,12H2,1H3/t23-/m1/s1. The van der Waals surface area contributed by atoms with Crippen LogP contribution in [0.2, 0.25) is 0 Å². The number of carbonyl (C=O) groups is 1. The molecule has 6 rings (SSSR count). The number of hydrogen-bond donors (Lipinski definition) is 5. The Labute approximate surface area is 226 Å². The predicted octanol–water partition coefficient (Wildman–Crippen LogP) is 5.67. The van der Waals surface area contributed by atoms with E-state index in [1.165, 1.54) is 24.3 Å². The van der Waals surface area contributed by atoms with Crippen molar-refractivity contribution in [3.05, 3.63) is 93.6 Å². The van der Waals surface area contributed by atoms with Gasteiger partial charge >= 0.3 is 0 Å². The molecule has 0 bridgehead atoms. The molecule has 1 aliphatic heterocycles. The molecular formula is C31H22O9. The molecule has 5 N–H and O–H groups in total. The first-order chi connectivity index (χ1) is 19.1. The SMILES string of the molecule is Cc1ccc([C@H]2CC(=O)c3c(cc(O)c(-c4c(O)cc(O)c5c(=O)cc(-c6ccc(O)cc6)oc45)c3O)O2)cc1. The highest BCUT2D eigenvalue weighted by Gasteiger charge is 2.35. The number of aromatic hydroxyl groups is 5. The van der Waals surface area contributed by atoms with E-state index in [0.717, 1.165) is 29.3 Å². The molecule has 0 saturated heterocycles. The van der Waals surface area contributed by atoms with Crippen molar-refractivity contribution in [2.45, 2.75) is 19.4 Å². The van der Waals surface area contributed by atoms with E-state index in [-0.39, 0.29) is 51.3 Å². The van der Waals surface area contributed by atoms with Crippen LogP contribution >= 0.6 is 0 Å². The summed E-state index contributed by atoms with van der Waals surface area (Å²) < 4.78 is 11.9. The number of phenolic OH excluding ortho intramolecular Hbond substituents is 5. The van der Waals surface area contributed by atoms with Crippen molar-refractivity contribution >= 4 is 16.8 Å². The maximum Gasteiger partial charge on any atom is 0.197 e. The van der Waals surface area contributed by atoms with Crippen LogP contribution in [-0.4, -0.2) is 31.3 Å². The predicted molar refractivity (Wildman–Crippen MR) is 145 cm³/mol. The number of fused-ring (bicyclic) bond motifs is 2. The maximum absolute atomic E-state index is 13.3. The minimum absolute atomic E-state index is 0.0109. The summed E-state index contributed by atoms with van der Waals surface area (Å²) in [6.07, 6.45) is -0.727. The van der Waals surface area contributed by atoms with E-state index < -0.39 is 40.3 Å². The van der Waals surface area contributed by atoms with Gasteiger partial charge in [-0.3, -0.25) is 9.59 Å². The maximum atomic E-state index is 13.3. The Balaban J connectivity index is 1.56. The van der Waals surface area contributed by atoms with Crippen molar-refractivity contribution < 1.29 is 39.5 Å². The average Bonchev–Trinajstić information content (AvgIpc) is 2.90. The minimum Gasteiger partial charge on any atom is -0.508 e. The van der Waals surface area contributed by atoms with Crippen molar-refractivity contribution in [3.8, 4) is 56.9 Å². The Hall–Kier alpha value is -5.44. The zero-order valence-electron chi connectivity index (χ0n) is 21.0. The fourth-order valence-corrected chi connectivity index (χ4v) is 4.98. The number of benzene rings is 4.